The van der Waals surface area contributed by atoms with Gasteiger partial charge in [-0.15, -0.1) is 0 Å². The predicted molar refractivity (Wildman–Crippen MR) is 89.0 cm³/mol. The Morgan fingerprint density at radius 3 is 2.45 bits per heavy atom. The zero-order valence-corrected chi connectivity index (χ0v) is 13.3. The molecule has 1 aromatic heterocycles. The number of hydrogen-bond donors (Lipinski definition) is 1. The van der Waals surface area contributed by atoms with E-state index in [4.69, 9.17) is 0 Å². The average Bonchev–Trinajstić information content (AvgIpc) is 2.47. The molecule has 0 fully saturated rings. The summed E-state index contributed by atoms with van der Waals surface area (Å²) in [7, 11) is 0. The number of aromatic nitrogens is 2. The van der Waals surface area contributed by atoms with Gasteiger partial charge in [0.2, 0.25) is 0 Å². The predicted octanol–water partition coefficient (Wildman–Crippen LogP) is 3.71. The van der Waals surface area contributed by atoms with Crippen molar-refractivity contribution < 1.29 is 4.79 Å². The Labute approximate surface area is 130 Å². The highest BCUT2D eigenvalue weighted by atomic mass is 16.1. The number of carbonyl (C=O) groups is 1. The third-order valence-electron chi connectivity index (χ3n) is 2.99. The molecular formula is C17H20N4O. The topological polar surface area (TPSA) is 67.2 Å². The molecule has 0 aliphatic carbocycles. The summed E-state index contributed by atoms with van der Waals surface area (Å²) < 4.78 is 0. The summed E-state index contributed by atoms with van der Waals surface area (Å²) in [5, 5.41) is 3.26. The van der Waals surface area contributed by atoms with E-state index in [1.165, 1.54) is 12.5 Å². The van der Waals surface area contributed by atoms with Gasteiger partial charge in [-0.3, -0.25) is 4.79 Å². The summed E-state index contributed by atoms with van der Waals surface area (Å²) in [5.74, 6) is 0.247. The molecule has 114 valence electrons. The van der Waals surface area contributed by atoms with Crippen LogP contribution in [0.4, 0.5) is 11.5 Å². The van der Waals surface area contributed by atoms with Gasteiger partial charge in [-0.25, -0.2) is 15.0 Å². The third kappa shape index (κ3) is 4.22. The van der Waals surface area contributed by atoms with Crippen molar-refractivity contribution in [3.8, 4) is 0 Å². The minimum Gasteiger partial charge on any atom is -0.379 e. The minimum absolute atomic E-state index is 0.135. The Bertz CT molecular complexity index is 701. The Morgan fingerprint density at radius 2 is 1.86 bits per heavy atom. The third-order valence-corrected chi connectivity index (χ3v) is 2.99. The Hall–Kier alpha value is -2.56. The molecule has 0 aliphatic heterocycles. The van der Waals surface area contributed by atoms with Crippen LogP contribution in [0.3, 0.4) is 0 Å². The lowest BCUT2D eigenvalue weighted by atomic mass is 10.2. The summed E-state index contributed by atoms with van der Waals surface area (Å²) in [5.41, 5.74) is 4.06. The molecule has 0 unspecified atom stereocenters. The molecule has 0 spiro atoms. The monoisotopic (exact) mass is 296 g/mol. The standard InChI is InChI=1S/C17H20N4O/c1-11(2)20-17-16(13(4)22)21-15(10-19-17)9-18-14-7-5-12(3)6-8-14/h5-8,10,18H,9H2,1-4H3. The van der Waals surface area contributed by atoms with Crippen molar-refractivity contribution in [2.75, 3.05) is 5.32 Å². The Kier molecular flexibility index (Phi) is 4.99. The molecule has 5 nitrogen and oxygen atoms in total. The van der Waals surface area contributed by atoms with Gasteiger partial charge < -0.3 is 5.32 Å². The first-order valence-electron chi connectivity index (χ1n) is 7.15. The van der Waals surface area contributed by atoms with Crippen LogP contribution >= 0.6 is 0 Å². The van der Waals surface area contributed by atoms with Gasteiger partial charge in [0.1, 0.15) is 0 Å². The van der Waals surface area contributed by atoms with E-state index in [2.05, 4.69) is 20.3 Å². The average molecular weight is 296 g/mol. The SMILES string of the molecule is CC(=O)c1nc(CNc2ccc(C)cc2)cnc1N=C(C)C. The number of nitrogens with one attached hydrogen (secondary N) is 1. The second-order valence-corrected chi connectivity index (χ2v) is 5.37. The first-order chi connectivity index (χ1) is 10.5. The summed E-state index contributed by atoms with van der Waals surface area (Å²) >= 11 is 0. The van der Waals surface area contributed by atoms with E-state index >= 15 is 0 Å². The molecule has 0 aliphatic rings. The van der Waals surface area contributed by atoms with Crippen molar-refractivity contribution in [2.24, 2.45) is 4.99 Å². The highest BCUT2D eigenvalue weighted by Crippen LogP contribution is 2.16. The molecule has 1 heterocycles. The quantitative estimate of drug-likeness (QED) is 0.674. The second-order valence-electron chi connectivity index (χ2n) is 5.37. The van der Waals surface area contributed by atoms with Crippen molar-refractivity contribution in [1.29, 1.82) is 0 Å². The second kappa shape index (κ2) is 6.93. The number of carbonyl (C=O) groups excluding carboxylic acids is 1. The molecule has 0 amide bonds. The molecular weight excluding hydrogens is 276 g/mol. The first kappa shape index (κ1) is 15.8. The lowest BCUT2D eigenvalue weighted by molar-refractivity contribution is 0.101. The highest BCUT2D eigenvalue weighted by Gasteiger charge is 2.11. The maximum atomic E-state index is 11.7. The fourth-order valence-electron chi connectivity index (χ4n) is 1.90. The van der Waals surface area contributed by atoms with Gasteiger partial charge in [-0.2, -0.15) is 0 Å². The smallest absolute Gasteiger partial charge is 0.182 e. The van der Waals surface area contributed by atoms with Crippen LogP contribution in [-0.2, 0) is 6.54 Å². The lowest BCUT2D eigenvalue weighted by Gasteiger charge is -2.08. The number of hydrogen-bond acceptors (Lipinski definition) is 5. The zero-order chi connectivity index (χ0) is 16.1. The van der Waals surface area contributed by atoms with Crippen LogP contribution in [0.2, 0.25) is 0 Å². The maximum absolute atomic E-state index is 11.7. The summed E-state index contributed by atoms with van der Waals surface area (Å²) in [6.45, 7) is 7.75. The van der Waals surface area contributed by atoms with E-state index < -0.39 is 0 Å². The number of aryl methyl sites for hydroxylation is 1. The summed E-state index contributed by atoms with van der Waals surface area (Å²) in [6.07, 6.45) is 1.65. The van der Waals surface area contributed by atoms with Gasteiger partial charge in [-0.05, 0) is 32.9 Å². The molecule has 2 rings (SSSR count). The van der Waals surface area contributed by atoms with Crippen LogP contribution in [-0.4, -0.2) is 21.5 Å². The number of benzene rings is 1. The van der Waals surface area contributed by atoms with Crippen LogP contribution in [0.1, 0.15) is 42.5 Å². The van der Waals surface area contributed by atoms with E-state index in [9.17, 15) is 4.79 Å². The van der Waals surface area contributed by atoms with Crippen LogP contribution < -0.4 is 5.32 Å². The van der Waals surface area contributed by atoms with E-state index in [1.54, 1.807) is 6.20 Å². The molecule has 0 bridgehead atoms. The number of ketones is 1. The van der Waals surface area contributed by atoms with Crippen molar-refractivity contribution >= 4 is 23.0 Å². The number of anilines is 1. The lowest BCUT2D eigenvalue weighted by Crippen LogP contribution is -2.07. The van der Waals surface area contributed by atoms with Gasteiger partial charge >= 0.3 is 0 Å². The summed E-state index contributed by atoms with van der Waals surface area (Å²) in [4.78, 5) is 24.6. The van der Waals surface area contributed by atoms with Crippen molar-refractivity contribution in [3.05, 3.63) is 47.4 Å². The van der Waals surface area contributed by atoms with Gasteiger partial charge in [0.15, 0.2) is 17.3 Å². The number of rotatable bonds is 5. The van der Waals surface area contributed by atoms with Crippen LogP contribution in [0.25, 0.3) is 0 Å². The largest absolute Gasteiger partial charge is 0.379 e. The Morgan fingerprint density at radius 1 is 1.18 bits per heavy atom. The zero-order valence-electron chi connectivity index (χ0n) is 13.3. The molecule has 0 atom stereocenters. The van der Waals surface area contributed by atoms with Gasteiger partial charge in [-0.1, -0.05) is 17.7 Å². The number of nitrogens with zero attached hydrogens (tertiary/aromatic N) is 3. The van der Waals surface area contributed by atoms with E-state index in [-0.39, 0.29) is 5.78 Å². The molecule has 0 radical (unpaired) electrons. The van der Waals surface area contributed by atoms with Crippen LogP contribution in [0.5, 0.6) is 0 Å². The highest BCUT2D eigenvalue weighted by molar-refractivity contribution is 5.97. The Balaban J connectivity index is 2.18. The van der Waals surface area contributed by atoms with Crippen LogP contribution in [0.15, 0.2) is 35.5 Å². The molecule has 1 aromatic carbocycles. The van der Waals surface area contributed by atoms with E-state index in [0.717, 1.165) is 11.4 Å². The maximum Gasteiger partial charge on any atom is 0.182 e. The minimum atomic E-state index is -0.135. The molecule has 22 heavy (non-hydrogen) atoms. The van der Waals surface area contributed by atoms with Crippen molar-refractivity contribution in [1.82, 2.24) is 9.97 Å². The van der Waals surface area contributed by atoms with E-state index in [1.807, 2.05) is 45.0 Å². The van der Waals surface area contributed by atoms with E-state index in [0.29, 0.717) is 23.8 Å². The first-order valence-corrected chi connectivity index (χ1v) is 7.15. The number of Topliss-reactive ketones (excluding diaryl/α,β-unsaturated/α-hetero) is 1. The molecule has 2 aromatic rings. The fourth-order valence-corrected chi connectivity index (χ4v) is 1.90. The number of aliphatic imine (C=N–C) groups is 1. The molecule has 5 heteroatoms. The molecule has 0 saturated heterocycles. The van der Waals surface area contributed by atoms with Gasteiger partial charge in [0.05, 0.1) is 18.4 Å². The van der Waals surface area contributed by atoms with Crippen LogP contribution in [0, 0.1) is 6.92 Å². The van der Waals surface area contributed by atoms with Crippen molar-refractivity contribution in [2.45, 2.75) is 34.2 Å². The van der Waals surface area contributed by atoms with Gasteiger partial charge in [0, 0.05) is 18.3 Å². The fraction of sp³-hybridized carbons (Fsp3) is 0.294. The normalized spacial score (nSPS) is 10.2. The molecule has 1 N–H and O–H groups in total. The molecule has 0 saturated carbocycles. The summed E-state index contributed by atoms with van der Waals surface area (Å²) in [6, 6.07) is 8.09. The van der Waals surface area contributed by atoms with Gasteiger partial charge in [0.25, 0.3) is 0 Å². The van der Waals surface area contributed by atoms with Crippen molar-refractivity contribution in [3.63, 3.8) is 0 Å².